The van der Waals surface area contributed by atoms with E-state index in [9.17, 15) is 9.90 Å². The molecule has 3 aromatic rings. The third-order valence-corrected chi connectivity index (χ3v) is 5.43. The molecule has 0 aliphatic heterocycles. The van der Waals surface area contributed by atoms with Crippen molar-refractivity contribution in [3.63, 3.8) is 0 Å². The molecule has 1 aromatic heterocycles. The van der Waals surface area contributed by atoms with Crippen LogP contribution in [0.25, 0.3) is 11.0 Å². The number of aliphatic hydroxyl groups is 1. The molecule has 0 bridgehead atoms. The lowest BCUT2D eigenvalue weighted by atomic mass is 9.71. The van der Waals surface area contributed by atoms with Gasteiger partial charge >= 0.3 is 0 Å². The highest BCUT2D eigenvalue weighted by Gasteiger charge is 2.41. The normalized spacial score (nSPS) is 15.3. The monoisotopic (exact) mass is 393 g/mol. The fourth-order valence-corrected chi connectivity index (χ4v) is 3.96. The van der Waals surface area contributed by atoms with Crippen molar-refractivity contribution in [1.82, 2.24) is 0 Å². The third-order valence-electron chi connectivity index (χ3n) is 5.43. The Morgan fingerprint density at radius 2 is 1.93 bits per heavy atom. The van der Waals surface area contributed by atoms with Crippen LogP contribution in [0.4, 0.5) is 5.69 Å². The number of furan rings is 1. The smallest absolute Gasteiger partial charge is 0.197 e. The number of ether oxygens (including phenoxy) is 1. The van der Waals surface area contributed by atoms with Crippen LogP contribution in [0.15, 0.2) is 46.9 Å². The number of hydrogen-bond acceptors (Lipinski definition) is 5. The maximum atomic E-state index is 13.3. The van der Waals surface area contributed by atoms with Gasteiger partial charge < -0.3 is 19.6 Å². The van der Waals surface area contributed by atoms with E-state index >= 15 is 0 Å². The molecule has 2 N–H and O–H groups in total. The first kappa shape index (κ1) is 19.7. The molecule has 1 aliphatic rings. The van der Waals surface area contributed by atoms with Gasteiger partial charge in [0.2, 0.25) is 0 Å². The molecule has 0 unspecified atom stereocenters. The summed E-state index contributed by atoms with van der Waals surface area (Å²) in [6.07, 6.45) is 0.761. The van der Waals surface area contributed by atoms with Crippen molar-refractivity contribution < 1.29 is 19.1 Å². The predicted molar refractivity (Wildman–Crippen MR) is 114 cm³/mol. The fourth-order valence-electron chi connectivity index (χ4n) is 3.96. The summed E-state index contributed by atoms with van der Waals surface area (Å²) in [6.45, 7) is 8.61. The summed E-state index contributed by atoms with van der Waals surface area (Å²) in [5, 5.41) is 13.9. The van der Waals surface area contributed by atoms with Crippen LogP contribution in [-0.2, 0) is 10.2 Å². The highest BCUT2D eigenvalue weighted by molar-refractivity contribution is 6.19. The second kappa shape index (κ2) is 7.01. The fraction of sp³-hybridized carbons (Fsp3) is 0.375. The number of ketones is 1. The Morgan fingerprint density at radius 3 is 2.69 bits per heavy atom. The van der Waals surface area contributed by atoms with Gasteiger partial charge in [-0.3, -0.25) is 4.79 Å². The molecule has 0 atom stereocenters. The zero-order valence-corrected chi connectivity index (χ0v) is 17.3. The van der Waals surface area contributed by atoms with Crippen molar-refractivity contribution in [1.29, 1.82) is 0 Å². The molecule has 1 heterocycles. The van der Waals surface area contributed by atoms with Crippen LogP contribution in [-0.4, -0.2) is 29.8 Å². The maximum Gasteiger partial charge on any atom is 0.197 e. The first-order chi connectivity index (χ1) is 13.7. The second-order valence-electron chi connectivity index (χ2n) is 8.59. The minimum atomic E-state index is -1.11. The maximum absolute atomic E-state index is 13.3. The first-order valence-corrected chi connectivity index (χ1v) is 10.00. The molecular weight excluding hydrogens is 366 g/mol. The minimum Gasteiger partial charge on any atom is -0.459 e. The van der Waals surface area contributed by atoms with Crippen LogP contribution in [0.1, 0.15) is 61.4 Å². The van der Waals surface area contributed by atoms with Crippen molar-refractivity contribution in [2.75, 3.05) is 18.5 Å². The van der Waals surface area contributed by atoms with E-state index < -0.39 is 11.2 Å². The molecule has 0 spiro atoms. The van der Waals surface area contributed by atoms with Crippen LogP contribution in [0.2, 0.25) is 0 Å². The Morgan fingerprint density at radius 1 is 1.17 bits per heavy atom. The van der Waals surface area contributed by atoms with E-state index in [0.29, 0.717) is 18.7 Å². The van der Waals surface area contributed by atoms with Gasteiger partial charge in [-0.05, 0) is 63.9 Å². The Labute approximate surface area is 170 Å². The van der Waals surface area contributed by atoms with Gasteiger partial charge in [0.05, 0.1) is 12.2 Å². The molecular formula is C24H27NO4. The summed E-state index contributed by atoms with van der Waals surface area (Å²) in [5.74, 6) is -0.364. The molecule has 152 valence electrons. The third kappa shape index (κ3) is 3.56. The molecule has 5 nitrogen and oxygen atoms in total. The molecule has 4 rings (SSSR count). The predicted octanol–water partition coefficient (Wildman–Crippen LogP) is 4.85. The molecule has 29 heavy (non-hydrogen) atoms. The Hall–Kier alpha value is -2.63. The SMILES string of the molecule is CC(C)(O)OCCCNc1ccc2c(c1)C(C)(C)c1oc3ccccc3c1C2=O. The number of fused-ring (bicyclic) bond motifs is 4. The largest absolute Gasteiger partial charge is 0.459 e. The lowest BCUT2D eigenvalue weighted by Crippen LogP contribution is -2.29. The van der Waals surface area contributed by atoms with Crippen molar-refractivity contribution in [2.45, 2.75) is 45.3 Å². The van der Waals surface area contributed by atoms with Crippen LogP contribution >= 0.6 is 0 Å². The minimum absolute atomic E-state index is 0.0180. The zero-order chi connectivity index (χ0) is 20.8. The molecule has 0 fully saturated rings. The Bertz CT molecular complexity index is 1070. The number of anilines is 1. The van der Waals surface area contributed by atoms with Gasteiger partial charge in [0.1, 0.15) is 11.3 Å². The van der Waals surface area contributed by atoms with Gasteiger partial charge in [-0.2, -0.15) is 0 Å². The van der Waals surface area contributed by atoms with E-state index in [1.54, 1.807) is 13.8 Å². The molecule has 1 aliphatic carbocycles. The van der Waals surface area contributed by atoms with Gasteiger partial charge in [0.25, 0.3) is 0 Å². The summed E-state index contributed by atoms with van der Waals surface area (Å²) < 4.78 is 11.5. The molecule has 2 aromatic carbocycles. The Kier molecular flexibility index (Phi) is 4.75. The highest BCUT2D eigenvalue weighted by atomic mass is 16.6. The number of benzene rings is 2. The molecule has 0 saturated heterocycles. The van der Waals surface area contributed by atoms with E-state index in [0.717, 1.165) is 40.0 Å². The number of carbonyl (C=O) groups excluding carboxylic acids is 1. The van der Waals surface area contributed by atoms with Gasteiger partial charge in [0, 0.05) is 28.6 Å². The molecule has 0 amide bonds. The van der Waals surface area contributed by atoms with E-state index in [2.05, 4.69) is 19.2 Å². The Balaban J connectivity index is 1.59. The van der Waals surface area contributed by atoms with Gasteiger partial charge in [0.15, 0.2) is 11.6 Å². The zero-order valence-electron chi connectivity index (χ0n) is 17.3. The summed E-state index contributed by atoms with van der Waals surface area (Å²) in [5.41, 5.74) is 3.66. The van der Waals surface area contributed by atoms with Crippen LogP contribution in [0.3, 0.4) is 0 Å². The van der Waals surface area contributed by atoms with Gasteiger partial charge in [-0.15, -0.1) is 0 Å². The number of nitrogens with one attached hydrogen (secondary N) is 1. The van der Waals surface area contributed by atoms with E-state index in [1.807, 2.05) is 42.5 Å². The first-order valence-electron chi connectivity index (χ1n) is 10.00. The summed E-state index contributed by atoms with van der Waals surface area (Å²) in [7, 11) is 0. The van der Waals surface area contributed by atoms with Crippen LogP contribution < -0.4 is 5.32 Å². The highest BCUT2D eigenvalue weighted by Crippen LogP contribution is 2.45. The van der Waals surface area contributed by atoms with Crippen LogP contribution in [0, 0.1) is 0 Å². The number of carbonyl (C=O) groups is 1. The van der Waals surface area contributed by atoms with Gasteiger partial charge in [-0.25, -0.2) is 0 Å². The van der Waals surface area contributed by atoms with Crippen molar-refractivity contribution in [3.8, 4) is 0 Å². The average Bonchev–Trinajstić information content (AvgIpc) is 3.06. The van der Waals surface area contributed by atoms with E-state index in [-0.39, 0.29) is 5.78 Å². The summed E-state index contributed by atoms with van der Waals surface area (Å²) in [4.78, 5) is 13.3. The standard InChI is InChI=1S/C24H27NO4/c1-23(2)18-14-15(25-12-7-13-28-24(3,4)27)10-11-16(18)21(26)20-17-8-5-6-9-19(17)29-22(20)23/h5-6,8-11,14,25,27H,7,12-13H2,1-4H3. The number of hydrogen-bond donors (Lipinski definition) is 2. The molecule has 5 heteroatoms. The van der Waals surface area contributed by atoms with E-state index in [4.69, 9.17) is 9.15 Å². The summed E-state index contributed by atoms with van der Waals surface area (Å²) in [6, 6.07) is 13.6. The van der Waals surface area contributed by atoms with Crippen LogP contribution in [0.5, 0.6) is 0 Å². The molecule has 0 radical (unpaired) electrons. The lowest BCUT2D eigenvalue weighted by Gasteiger charge is -2.31. The lowest BCUT2D eigenvalue weighted by molar-refractivity contribution is -0.175. The van der Waals surface area contributed by atoms with Crippen molar-refractivity contribution in [2.24, 2.45) is 0 Å². The topological polar surface area (TPSA) is 71.7 Å². The van der Waals surface area contributed by atoms with Crippen molar-refractivity contribution >= 4 is 22.4 Å². The quantitative estimate of drug-likeness (QED) is 0.463. The van der Waals surface area contributed by atoms with Gasteiger partial charge in [-0.1, -0.05) is 18.2 Å². The van der Waals surface area contributed by atoms with E-state index in [1.165, 1.54) is 0 Å². The average molecular weight is 393 g/mol. The second-order valence-corrected chi connectivity index (χ2v) is 8.59. The number of rotatable bonds is 6. The molecule has 0 saturated carbocycles. The number of para-hydroxylation sites is 1. The van der Waals surface area contributed by atoms with Crippen molar-refractivity contribution in [3.05, 3.63) is 64.9 Å². The summed E-state index contributed by atoms with van der Waals surface area (Å²) >= 11 is 0.